The Morgan fingerprint density at radius 2 is 2.09 bits per heavy atom. The van der Waals surface area contributed by atoms with Gasteiger partial charge < -0.3 is 9.67 Å². The maximum atomic E-state index is 9.00. The number of hydrogen-bond acceptors (Lipinski definition) is 2. The number of carboxylic acids is 1. The number of imidazole rings is 1. The molecular formula is C6H10N2O2Zn. The molecule has 0 radical (unpaired) electrons. The molecule has 0 aromatic carbocycles. The van der Waals surface area contributed by atoms with Gasteiger partial charge >= 0.3 is 0 Å². The second-order valence-electron chi connectivity index (χ2n) is 1.75. The van der Waals surface area contributed by atoms with E-state index in [0.717, 1.165) is 6.92 Å². The molecule has 0 fully saturated rings. The van der Waals surface area contributed by atoms with Gasteiger partial charge in [-0.2, -0.15) is 0 Å². The van der Waals surface area contributed by atoms with E-state index in [0.29, 0.717) is 0 Å². The Morgan fingerprint density at radius 3 is 2.18 bits per heavy atom. The number of aliphatic carboxylic acids is 1. The topological polar surface area (TPSA) is 55.1 Å². The number of rotatable bonds is 0. The third-order valence-electron chi connectivity index (χ3n) is 0.637. The van der Waals surface area contributed by atoms with Crippen molar-refractivity contribution in [2.75, 3.05) is 0 Å². The van der Waals surface area contributed by atoms with E-state index in [4.69, 9.17) is 9.90 Å². The Morgan fingerprint density at radius 1 is 1.64 bits per heavy atom. The Kier molecular flexibility index (Phi) is 8.71. The summed E-state index contributed by atoms with van der Waals surface area (Å²) in [6.45, 7) is 1.08. The maximum absolute atomic E-state index is 9.00. The van der Waals surface area contributed by atoms with E-state index < -0.39 is 5.97 Å². The summed E-state index contributed by atoms with van der Waals surface area (Å²) in [5.41, 5.74) is 0. The molecule has 58 valence electrons. The third-order valence-corrected chi connectivity index (χ3v) is 0.637. The fraction of sp³-hybridized carbons (Fsp3) is 0.333. The van der Waals surface area contributed by atoms with Crippen molar-refractivity contribution in [3.05, 3.63) is 18.7 Å². The molecule has 4 nitrogen and oxygen atoms in total. The van der Waals surface area contributed by atoms with Crippen LogP contribution in [0.15, 0.2) is 18.7 Å². The van der Waals surface area contributed by atoms with Crippen LogP contribution in [0.1, 0.15) is 6.92 Å². The van der Waals surface area contributed by atoms with Gasteiger partial charge in [0.05, 0.1) is 6.33 Å². The average Bonchev–Trinajstić information content (AvgIpc) is 2.15. The van der Waals surface area contributed by atoms with E-state index in [9.17, 15) is 0 Å². The predicted octanol–water partition coefficient (Wildman–Crippen LogP) is 0.508. The molecule has 1 aromatic rings. The zero-order chi connectivity index (χ0) is 7.98. The summed E-state index contributed by atoms with van der Waals surface area (Å²) in [6, 6.07) is 0. The monoisotopic (exact) mass is 206 g/mol. The van der Waals surface area contributed by atoms with Gasteiger partial charge in [-0.3, -0.25) is 4.79 Å². The summed E-state index contributed by atoms with van der Waals surface area (Å²) in [6.07, 6.45) is 5.39. The van der Waals surface area contributed by atoms with Crippen molar-refractivity contribution in [1.29, 1.82) is 0 Å². The number of hydrogen-bond donors (Lipinski definition) is 1. The molecule has 5 heteroatoms. The van der Waals surface area contributed by atoms with E-state index in [-0.39, 0.29) is 19.5 Å². The first-order valence-electron chi connectivity index (χ1n) is 2.74. The van der Waals surface area contributed by atoms with Crippen molar-refractivity contribution in [2.45, 2.75) is 6.92 Å². The molecule has 0 aliphatic heterocycles. The summed E-state index contributed by atoms with van der Waals surface area (Å²) < 4.78 is 1.89. The maximum Gasteiger partial charge on any atom is 0.300 e. The summed E-state index contributed by atoms with van der Waals surface area (Å²) in [7, 11) is 1.94. The van der Waals surface area contributed by atoms with Crippen LogP contribution < -0.4 is 0 Å². The molecule has 0 bridgehead atoms. The van der Waals surface area contributed by atoms with Gasteiger partial charge in [0.25, 0.3) is 5.97 Å². The quantitative estimate of drug-likeness (QED) is 0.631. The van der Waals surface area contributed by atoms with Crippen LogP contribution in [0, 0.1) is 0 Å². The van der Waals surface area contributed by atoms with Crippen LogP contribution in [0.25, 0.3) is 0 Å². The van der Waals surface area contributed by atoms with Crippen molar-refractivity contribution >= 4 is 5.97 Å². The average molecular weight is 208 g/mol. The summed E-state index contributed by atoms with van der Waals surface area (Å²) in [5, 5.41) is 7.42. The zero-order valence-electron chi connectivity index (χ0n) is 6.69. The van der Waals surface area contributed by atoms with E-state index in [1.54, 1.807) is 12.5 Å². The Labute approximate surface area is 78.0 Å². The minimum absolute atomic E-state index is 0. The molecular weight excluding hydrogens is 197 g/mol. The Bertz CT molecular complexity index is 182. The molecule has 0 saturated heterocycles. The van der Waals surface area contributed by atoms with Crippen molar-refractivity contribution < 1.29 is 29.4 Å². The molecule has 0 aliphatic rings. The van der Waals surface area contributed by atoms with E-state index in [1.807, 2.05) is 17.8 Å². The normalized spacial score (nSPS) is 7.09. The predicted molar refractivity (Wildman–Crippen MR) is 36.5 cm³/mol. The first-order valence-corrected chi connectivity index (χ1v) is 2.74. The Balaban J connectivity index is 0. The van der Waals surface area contributed by atoms with Crippen LogP contribution in [0.3, 0.4) is 0 Å². The van der Waals surface area contributed by atoms with Crippen molar-refractivity contribution in [3.8, 4) is 0 Å². The molecule has 1 aromatic heterocycles. The summed E-state index contributed by atoms with van der Waals surface area (Å²) >= 11 is 0. The van der Waals surface area contributed by atoms with Gasteiger partial charge in [0, 0.05) is 45.8 Å². The van der Waals surface area contributed by atoms with Crippen molar-refractivity contribution in [1.82, 2.24) is 9.55 Å². The van der Waals surface area contributed by atoms with Crippen LogP contribution in [0.4, 0.5) is 0 Å². The van der Waals surface area contributed by atoms with Crippen molar-refractivity contribution in [2.24, 2.45) is 7.05 Å². The van der Waals surface area contributed by atoms with Crippen LogP contribution in [-0.4, -0.2) is 20.6 Å². The third kappa shape index (κ3) is 12.5. The SMILES string of the molecule is CC(=O)O.Cn1ccnc1.[Zn]. The van der Waals surface area contributed by atoms with Gasteiger partial charge in [0.2, 0.25) is 0 Å². The number of aromatic nitrogens is 2. The smallest absolute Gasteiger partial charge is 0.300 e. The standard InChI is InChI=1S/C4H6N2.C2H4O2.Zn/c1-6-3-2-5-4-6;1-2(3)4;/h2-4H,1H3;1H3,(H,3,4);. The van der Waals surface area contributed by atoms with Crippen molar-refractivity contribution in [3.63, 3.8) is 0 Å². The second-order valence-corrected chi connectivity index (χ2v) is 1.75. The number of carbonyl (C=O) groups is 1. The molecule has 1 heterocycles. The van der Waals surface area contributed by atoms with Gasteiger partial charge in [-0.05, 0) is 0 Å². The molecule has 0 spiro atoms. The fourth-order valence-electron chi connectivity index (χ4n) is 0.326. The molecule has 11 heavy (non-hydrogen) atoms. The second kappa shape index (κ2) is 7.41. The van der Waals surface area contributed by atoms with Gasteiger partial charge in [-0.1, -0.05) is 0 Å². The first-order chi connectivity index (χ1) is 4.63. The van der Waals surface area contributed by atoms with Crippen LogP contribution >= 0.6 is 0 Å². The molecule has 0 amide bonds. The van der Waals surface area contributed by atoms with Crippen LogP contribution in [-0.2, 0) is 31.3 Å². The molecule has 0 unspecified atom stereocenters. The van der Waals surface area contributed by atoms with Crippen LogP contribution in [0.2, 0.25) is 0 Å². The minimum atomic E-state index is -0.833. The van der Waals surface area contributed by atoms with Gasteiger partial charge in [-0.25, -0.2) is 4.98 Å². The summed E-state index contributed by atoms with van der Waals surface area (Å²) in [4.78, 5) is 12.8. The van der Waals surface area contributed by atoms with Gasteiger partial charge in [0.1, 0.15) is 0 Å². The number of nitrogens with zero attached hydrogens (tertiary/aromatic N) is 2. The summed E-state index contributed by atoms with van der Waals surface area (Å²) in [5.74, 6) is -0.833. The fourth-order valence-corrected chi connectivity index (χ4v) is 0.326. The van der Waals surface area contributed by atoms with Gasteiger partial charge in [0.15, 0.2) is 0 Å². The zero-order valence-corrected chi connectivity index (χ0v) is 9.66. The molecule has 1 rings (SSSR count). The van der Waals surface area contributed by atoms with Gasteiger partial charge in [-0.15, -0.1) is 0 Å². The van der Waals surface area contributed by atoms with E-state index >= 15 is 0 Å². The van der Waals surface area contributed by atoms with Crippen LogP contribution in [0.5, 0.6) is 0 Å². The molecule has 0 saturated carbocycles. The van der Waals surface area contributed by atoms with E-state index in [1.165, 1.54) is 0 Å². The minimum Gasteiger partial charge on any atom is -0.481 e. The number of carboxylic acid groups (broad SMARTS) is 1. The number of aryl methyl sites for hydroxylation is 1. The first kappa shape index (κ1) is 12.9. The van der Waals surface area contributed by atoms with E-state index in [2.05, 4.69) is 4.98 Å². The Hall–Kier alpha value is -0.697. The largest absolute Gasteiger partial charge is 0.481 e. The molecule has 1 N–H and O–H groups in total. The molecule has 0 aliphatic carbocycles. The molecule has 0 atom stereocenters.